The minimum absolute atomic E-state index is 0.133. The number of nitrogens with zero attached hydrogens (tertiary/aromatic N) is 1. The van der Waals surface area contributed by atoms with Crippen LogP contribution in [0.1, 0.15) is 10.4 Å². The van der Waals surface area contributed by atoms with E-state index in [1.807, 2.05) is 30.3 Å². The average molecular weight is 363 g/mol. The number of anilines is 2. The summed E-state index contributed by atoms with van der Waals surface area (Å²) >= 11 is 0. The number of alkyl halides is 3. The van der Waals surface area contributed by atoms with E-state index in [1.54, 1.807) is 11.9 Å². The second-order valence-electron chi connectivity index (χ2n) is 5.52. The van der Waals surface area contributed by atoms with Gasteiger partial charge in [-0.15, -0.1) is 0 Å². The van der Waals surface area contributed by atoms with E-state index in [-0.39, 0.29) is 11.0 Å². The van der Waals surface area contributed by atoms with Crippen molar-refractivity contribution in [1.29, 1.82) is 0 Å². The molecule has 3 aromatic rings. The van der Waals surface area contributed by atoms with Gasteiger partial charge in [0.25, 0.3) is 5.78 Å². The fourth-order valence-corrected chi connectivity index (χ4v) is 2.52. The van der Waals surface area contributed by atoms with Crippen molar-refractivity contribution in [2.45, 2.75) is 6.18 Å². The van der Waals surface area contributed by atoms with Crippen molar-refractivity contribution in [1.82, 2.24) is 0 Å². The summed E-state index contributed by atoms with van der Waals surface area (Å²) in [6.07, 6.45) is -5.30. The molecule has 1 heterocycles. The Morgan fingerprint density at radius 2 is 1.73 bits per heavy atom. The number of halogens is 3. The molecule has 8 heteroatoms. The Hall–Kier alpha value is -3.29. The normalized spacial score (nSPS) is 11.5. The first-order valence-corrected chi connectivity index (χ1v) is 7.40. The lowest BCUT2D eigenvalue weighted by Crippen LogP contribution is -2.28. The molecule has 0 saturated heterocycles. The summed E-state index contributed by atoms with van der Waals surface area (Å²) < 4.78 is 42.7. The maximum Gasteiger partial charge on any atom is 0.455 e. The number of fused-ring (bicyclic) bond motifs is 1. The van der Waals surface area contributed by atoms with E-state index in [1.165, 1.54) is 18.2 Å². The number of para-hydroxylation sites is 1. The smallest absolute Gasteiger partial charge is 0.455 e. The monoisotopic (exact) mass is 363 g/mol. The summed E-state index contributed by atoms with van der Waals surface area (Å²) in [7, 11) is 1.75. The highest BCUT2D eigenvalue weighted by molar-refractivity contribution is 6.05. The Morgan fingerprint density at radius 1 is 1.08 bits per heavy atom. The Labute approximate surface area is 144 Å². The van der Waals surface area contributed by atoms with Crippen LogP contribution in [0.4, 0.5) is 24.5 Å². The molecular weight excluding hydrogens is 351 g/mol. The van der Waals surface area contributed by atoms with Gasteiger partial charge in [-0.3, -0.25) is 4.79 Å². The minimum atomic E-state index is -5.30. The summed E-state index contributed by atoms with van der Waals surface area (Å²) in [5.41, 5.74) is -1.71. The second-order valence-corrected chi connectivity index (χ2v) is 5.52. The van der Waals surface area contributed by atoms with Gasteiger partial charge in [0.2, 0.25) is 0 Å². The zero-order valence-electron chi connectivity index (χ0n) is 13.4. The van der Waals surface area contributed by atoms with Crippen molar-refractivity contribution in [3.8, 4) is 5.75 Å². The largest absolute Gasteiger partial charge is 0.506 e. The van der Waals surface area contributed by atoms with Crippen LogP contribution in [0.5, 0.6) is 5.75 Å². The molecule has 5 nitrogen and oxygen atoms in total. The number of carbonyl (C=O) groups is 1. The van der Waals surface area contributed by atoms with Crippen LogP contribution in [0.3, 0.4) is 0 Å². The van der Waals surface area contributed by atoms with Crippen LogP contribution in [0.15, 0.2) is 57.7 Å². The maximum atomic E-state index is 12.6. The molecule has 26 heavy (non-hydrogen) atoms. The Balaban J connectivity index is 2.13. The molecule has 0 atom stereocenters. The van der Waals surface area contributed by atoms with E-state index in [2.05, 4.69) is 0 Å². The fraction of sp³-hybridized carbons (Fsp3) is 0.111. The second kappa shape index (κ2) is 6.21. The highest BCUT2D eigenvalue weighted by atomic mass is 19.4. The van der Waals surface area contributed by atoms with Crippen LogP contribution < -0.4 is 10.5 Å². The Morgan fingerprint density at radius 3 is 2.35 bits per heavy atom. The molecule has 2 aromatic carbocycles. The molecule has 3 rings (SSSR count). The van der Waals surface area contributed by atoms with Gasteiger partial charge in [0.05, 0.1) is 5.39 Å². The third kappa shape index (κ3) is 3.01. The molecule has 0 radical (unpaired) electrons. The third-order valence-corrected chi connectivity index (χ3v) is 3.88. The molecular formula is C18H12F3NO4. The highest BCUT2D eigenvalue weighted by Gasteiger charge is 2.43. The number of hydrogen-bond donors (Lipinski definition) is 1. The average Bonchev–Trinajstić information content (AvgIpc) is 2.60. The molecule has 134 valence electrons. The first kappa shape index (κ1) is 17.5. The molecule has 0 fully saturated rings. The predicted molar refractivity (Wildman–Crippen MR) is 89.0 cm³/mol. The molecule has 0 saturated carbocycles. The number of hydrogen-bond acceptors (Lipinski definition) is 5. The van der Waals surface area contributed by atoms with Crippen LogP contribution in [0.2, 0.25) is 0 Å². The number of benzene rings is 2. The van der Waals surface area contributed by atoms with E-state index in [9.17, 15) is 27.9 Å². The SMILES string of the molecule is CN(c1ccccc1)c1ccc2c(O)c(C(=O)C(F)(F)F)c(=O)oc2c1. The van der Waals surface area contributed by atoms with E-state index in [0.717, 1.165) is 5.69 Å². The quantitative estimate of drug-likeness (QED) is 0.562. The molecule has 0 aliphatic heterocycles. The van der Waals surface area contributed by atoms with E-state index < -0.39 is 28.9 Å². The van der Waals surface area contributed by atoms with E-state index >= 15 is 0 Å². The van der Waals surface area contributed by atoms with Crippen LogP contribution in [0.25, 0.3) is 11.0 Å². The van der Waals surface area contributed by atoms with Gasteiger partial charge in [-0.1, -0.05) is 18.2 Å². The van der Waals surface area contributed by atoms with Crippen LogP contribution in [0, 0.1) is 0 Å². The zero-order valence-corrected chi connectivity index (χ0v) is 13.4. The molecule has 1 aromatic heterocycles. The summed E-state index contributed by atoms with van der Waals surface area (Å²) in [6.45, 7) is 0. The van der Waals surface area contributed by atoms with Crippen molar-refractivity contribution in [2.24, 2.45) is 0 Å². The topological polar surface area (TPSA) is 70.8 Å². The molecule has 0 aliphatic rings. The number of Topliss-reactive ketones (excluding diaryl/α,β-unsaturated/α-hetero) is 1. The fourth-order valence-electron chi connectivity index (χ4n) is 2.52. The molecule has 0 amide bonds. The highest BCUT2D eigenvalue weighted by Crippen LogP contribution is 2.33. The van der Waals surface area contributed by atoms with Gasteiger partial charge in [-0.25, -0.2) is 4.79 Å². The van der Waals surface area contributed by atoms with Crippen LogP contribution in [-0.2, 0) is 0 Å². The maximum absolute atomic E-state index is 12.6. The molecule has 0 aliphatic carbocycles. The Bertz CT molecular complexity index is 1040. The summed E-state index contributed by atoms with van der Waals surface area (Å²) in [5, 5.41) is 9.85. The van der Waals surface area contributed by atoms with Gasteiger partial charge < -0.3 is 14.4 Å². The van der Waals surface area contributed by atoms with Crippen molar-refractivity contribution >= 4 is 28.1 Å². The zero-order chi connectivity index (χ0) is 19.1. The third-order valence-electron chi connectivity index (χ3n) is 3.88. The predicted octanol–water partition coefficient (Wildman–Crippen LogP) is 4.01. The number of ketones is 1. The van der Waals surface area contributed by atoms with Gasteiger partial charge in [-0.05, 0) is 24.3 Å². The number of carbonyl (C=O) groups excluding carboxylic acids is 1. The standard InChI is InChI=1S/C18H12F3NO4/c1-22(10-5-3-2-4-6-10)11-7-8-12-13(9-11)26-17(25)14(15(12)23)16(24)18(19,20)21/h2-9,23H,1H3. The van der Waals surface area contributed by atoms with Crippen LogP contribution in [-0.4, -0.2) is 24.1 Å². The van der Waals surface area contributed by atoms with Gasteiger partial charge in [-0.2, -0.15) is 13.2 Å². The molecule has 0 spiro atoms. The van der Waals surface area contributed by atoms with Crippen molar-refractivity contribution < 1.29 is 27.5 Å². The molecule has 1 N–H and O–H groups in total. The minimum Gasteiger partial charge on any atom is -0.506 e. The molecule has 0 bridgehead atoms. The summed E-state index contributed by atoms with van der Waals surface area (Å²) in [5.74, 6) is -3.50. The van der Waals surface area contributed by atoms with Crippen molar-refractivity contribution in [3.63, 3.8) is 0 Å². The first-order chi connectivity index (χ1) is 12.2. The van der Waals surface area contributed by atoms with E-state index in [0.29, 0.717) is 5.69 Å². The first-order valence-electron chi connectivity index (χ1n) is 7.40. The van der Waals surface area contributed by atoms with E-state index in [4.69, 9.17) is 4.42 Å². The lowest BCUT2D eigenvalue weighted by atomic mass is 10.1. The lowest BCUT2D eigenvalue weighted by Gasteiger charge is -2.19. The summed E-state index contributed by atoms with van der Waals surface area (Å²) in [4.78, 5) is 24.9. The van der Waals surface area contributed by atoms with Gasteiger partial charge >= 0.3 is 11.8 Å². The van der Waals surface area contributed by atoms with Crippen LogP contribution >= 0.6 is 0 Å². The Kier molecular flexibility index (Phi) is 4.19. The summed E-state index contributed by atoms with van der Waals surface area (Å²) in [6, 6.07) is 13.4. The number of rotatable bonds is 3. The van der Waals surface area contributed by atoms with Gasteiger partial charge in [0.1, 0.15) is 11.3 Å². The number of aromatic hydroxyl groups is 1. The molecule has 0 unspecified atom stereocenters. The van der Waals surface area contributed by atoms with Crippen molar-refractivity contribution in [3.05, 3.63) is 64.5 Å². The van der Waals surface area contributed by atoms with Gasteiger partial charge in [0, 0.05) is 24.5 Å². The lowest BCUT2D eigenvalue weighted by molar-refractivity contribution is -0.0888. The van der Waals surface area contributed by atoms with Crippen molar-refractivity contribution in [2.75, 3.05) is 11.9 Å². The van der Waals surface area contributed by atoms with Gasteiger partial charge in [0.15, 0.2) is 5.56 Å².